The molecule has 2 aromatic rings. The van der Waals surface area contributed by atoms with Crippen LogP contribution in [0.1, 0.15) is 5.56 Å². The molecule has 0 saturated carbocycles. The van der Waals surface area contributed by atoms with Crippen LogP contribution in [0.2, 0.25) is 0 Å². The Morgan fingerprint density at radius 1 is 1.15 bits per heavy atom. The molecule has 0 amide bonds. The fourth-order valence-corrected chi connectivity index (χ4v) is 4.02. The summed E-state index contributed by atoms with van der Waals surface area (Å²) in [7, 11) is -3.63. The molecule has 27 heavy (non-hydrogen) atoms. The van der Waals surface area contributed by atoms with Crippen molar-refractivity contribution in [2.24, 2.45) is 4.99 Å². The summed E-state index contributed by atoms with van der Waals surface area (Å²) in [6.07, 6.45) is -0.415. The minimum atomic E-state index is -3.63. The van der Waals surface area contributed by atoms with Crippen LogP contribution < -0.4 is 14.2 Å². The second-order valence-corrected chi connectivity index (χ2v) is 7.60. The van der Waals surface area contributed by atoms with E-state index < -0.39 is 22.1 Å². The number of rotatable bonds is 4. The Labute approximate surface area is 155 Å². The third kappa shape index (κ3) is 3.59. The van der Waals surface area contributed by atoms with Gasteiger partial charge in [0.1, 0.15) is 25.6 Å². The smallest absolute Gasteiger partial charge is 0.327 e. The average Bonchev–Trinajstić information content (AvgIpc) is 2.95. The van der Waals surface area contributed by atoms with Crippen molar-refractivity contribution < 1.29 is 27.4 Å². The van der Waals surface area contributed by atoms with Gasteiger partial charge in [0.25, 0.3) is 10.0 Å². The van der Waals surface area contributed by atoms with E-state index >= 15 is 0 Å². The molecule has 2 aromatic carbocycles. The van der Waals surface area contributed by atoms with Gasteiger partial charge in [-0.05, 0) is 24.3 Å². The summed E-state index contributed by atoms with van der Waals surface area (Å²) in [5.41, 5.74) is 0.436. The predicted octanol–water partition coefficient (Wildman–Crippen LogP) is 1.11. The van der Waals surface area contributed by atoms with Crippen LogP contribution in [-0.2, 0) is 19.6 Å². The average molecular weight is 388 g/mol. The molecule has 0 spiro atoms. The molecular formula is C18H16N2O6S. The van der Waals surface area contributed by atoms with E-state index in [2.05, 4.69) is 9.71 Å². The second kappa shape index (κ2) is 6.92. The van der Waals surface area contributed by atoms with E-state index in [4.69, 9.17) is 14.2 Å². The Morgan fingerprint density at radius 2 is 1.89 bits per heavy atom. The Kier molecular flexibility index (Phi) is 4.44. The number of nitrogens with zero attached hydrogens (tertiary/aromatic N) is 1. The zero-order valence-electron chi connectivity index (χ0n) is 14.1. The highest BCUT2D eigenvalue weighted by atomic mass is 32.2. The number of fused-ring (bicyclic) bond motifs is 2. The molecular weight excluding hydrogens is 372 g/mol. The molecule has 2 aliphatic heterocycles. The molecule has 9 heteroatoms. The number of aliphatic imine (C=N–C) groups is 1. The number of esters is 1. The quantitative estimate of drug-likeness (QED) is 0.787. The first-order valence-corrected chi connectivity index (χ1v) is 9.72. The summed E-state index contributed by atoms with van der Waals surface area (Å²) in [5, 5.41) is 0. The van der Waals surface area contributed by atoms with Crippen molar-refractivity contribution in [3.63, 3.8) is 0 Å². The van der Waals surface area contributed by atoms with Gasteiger partial charge >= 0.3 is 5.97 Å². The number of ether oxygens (including phenoxy) is 3. The van der Waals surface area contributed by atoms with Crippen molar-refractivity contribution in [1.29, 1.82) is 0 Å². The highest BCUT2D eigenvalue weighted by Crippen LogP contribution is 2.30. The van der Waals surface area contributed by atoms with Crippen LogP contribution in [0.4, 0.5) is 0 Å². The summed E-state index contributed by atoms with van der Waals surface area (Å²) in [6.45, 7) is -0.0251. The number of hydrogen-bond acceptors (Lipinski definition) is 7. The Hall–Kier alpha value is -3.07. The van der Waals surface area contributed by atoms with E-state index in [0.29, 0.717) is 17.1 Å². The van der Waals surface area contributed by atoms with Gasteiger partial charge in [0, 0.05) is 5.56 Å². The van der Waals surface area contributed by atoms with Crippen LogP contribution in [0.25, 0.3) is 0 Å². The van der Waals surface area contributed by atoms with Crippen molar-refractivity contribution in [1.82, 2.24) is 4.72 Å². The highest BCUT2D eigenvalue weighted by molar-refractivity contribution is 7.90. The van der Waals surface area contributed by atoms with Crippen molar-refractivity contribution in [2.75, 3.05) is 19.8 Å². The SMILES string of the molecule is O=C(CN=C1NS(=O)(=O)c2ccccc21)OC[C@@H]1COc2ccccc2O1. The number of para-hydroxylation sites is 2. The molecule has 2 heterocycles. The van der Waals surface area contributed by atoms with Gasteiger partial charge in [0.2, 0.25) is 0 Å². The van der Waals surface area contributed by atoms with Crippen LogP contribution in [0.15, 0.2) is 58.4 Å². The third-order valence-corrected chi connectivity index (χ3v) is 5.42. The van der Waals surface area contributed by atoms with Crippen molar-refractivity contribution in [3.8, 4) is 11.5 Å². The lowest BCUT2D eigenvalue weighted by molar-refractivity contribution is -0.145. The number of sulfonamides is 1. The summed E-state index contributed by atoms with van der Waals surface area (Å²) < 4.78 is 42.8. The summed E-state index contributed by atoms with van der Waals surface area (Å²) in [5.74, 6) is 0.794. The predicted molar refractivity (Wildman–Crippen MR) is 95.5 cm³/mol. The fourth-order valence-electron chi connectivity index (χ4n) is 2.77. The summed E-state index contributed by atoms with van der Waals surface area (Å²) >= 11 is 0. The normalized spacial score (nSPS) is 20.6. The Morgan fingerprint density at radius 3 is 2.74 bits per heavy atom. The topological polar surface area (TPSA) is 103 Å². The van der Waals surface area contributed by atoms with E-state index in [1.165, 1.54) is 6.07 Å². The molecule has 0 fully saturated rings. The van der Waals surface area contributed by atoms with E-state index in [9.17, 15) is 13.2 Å². The molecule has 1 atom stereocenters. The van der Waals surface area contributed by atoms with Gasteiger partial charge in [-0.3, -0.25) is 14.5 Å². The molecule has 0 aliphatic carbocycles. The Balaban J connectivity index is 1.34. The highest BCUT2D eigenvalue weighted by Gasteiger charge is 2.30. The van der Waals surface area contributed by atoms with Crippen LogP contribution in [0.5, 0.6) is 11.5 Å². The van der Waals surface area contributed by atoms with Crippen molar-refractivity contribution >= 4 is 21.8 Å². The molecule has 0 radical (unpaired) electrons. The molecule has 4 rings (SSSR count). The van der Waals surface area contributed by atoms with E-state index in [-0.39, 0.29) is 30.5 Å². The first-order valence-electron chi connectivity index (χ1n) is 8.24. The first kappa shape index (κ1) is 17.3. The zero-order valence-corrected chi connectivity index (χ0v) is 14.9. The zero-order chi connectivity index (χ0) is 18.9. The number of hydrogen-bond donors (Lipinski definition) is 1. The van der Waals surface area contributed by atoms with E-state index in [1.54, 1.807) is 30.3 Å². The minimum absolute atomic E-state index is 0.0142. The third-order valence-electron chi connectivity index (χ3n) is 4.03. The monoisotopic (exact) mass is 388 g/mol. The number of nitrogens with one attached hydrogen (secondary N) is 1. The molecule has 140 valence electrons. The van der Waals surface area contributed by atoms with Gasteiger partial charge < -0.3 is 14.2 Å². The molecule has 0 bridgehead atoms. The number of carbonyl (C=O) groups is 1. The molecule has 1 N–H and O–H groups in total. The second-order valence-electron chi connectivity index (χ2n) is 5.95. The number of benzene rings is 2. The minimum Gasteiger partial charge on any atom is -0.486 e. The van der Waals surface area contributed by atoms with Crippen molar-refractivity contribution in [2.45, 2.75) is 11.0 Å². The fraction of sp³-hybridized carbons (Fsp3) is 0.222. The maximum atomic E-state index is 12.0. The molecule has 8 nitrogen and oxygen atoms in total. The van der Waals surface area contributed by atoms with Crippen LogP contribution >= 0.6 is 0 Å². The lowest BCUT2D eigenvalue weighted by atomic mass is 10.2. The molecule has 2 aliphatic rings. The van der Waals surface area contributed by atoms with Gasteiger partial charge in [0.15, 0.2) is 17.6 Å². The Bertz CT molecular complexity index is 1020. The van der Waals surface area contributed by atoms with Gasteiger partial charge in [-0.1, -0.05) is 24.3 Å². The lowest BCUT2D eigenvalue weighted by Gasteiger charge is -2.25. The number of carbonyl (C=O) groups excluding carboxylic acids is 1. The molecule has 0 aromatic heterocycles. The van der Waals surface area contributed by atoms with Gasteiger partial charge in [-0.2, -0.15) is 0 Å². The van der Waals surface area contributed by atoms with Crippen LogP contribution in [-0.4, -0.2) is 46.1 Å². The lowest BCUT2D eigenvalue weighted by Crippen LogP contribution is -2.34. The molecule has 0 saturated heterocycles. The maximum absolute atomic E-state index is 12.0. The van der Waals surface area contributed by atoms with Crippen LogP contribution in [0.3, 0.4) is 0 Å². The number of amidine groups is 1. The van der Waals surface area contributed by atoms with Gasteiger partial charge in [0.05, 0.1) is 4.90 Å². The van der Waals surface area contributed by atoms with E-state index in [1.807, 2.05) is 12.1 Å². The first-order chi connectivity index (χ1) is 13.0. The largest absolute Gasteiger partial charge is 0.486 e. The molecule has 0 unspecified atom stereocenters. The standard InChI is InChI=1S/C18H16N2O6S/c21-17(25-11-12-10-24-14-6-2-3-7-15(14)26-12)9-19-18-13-5-1-4-8-16(13)27(22,23)20-18/h1-8,12H,9-11H2,(H,19,20)/t12-/m0/s1. The van der Waals surface area contributed by atoms with Crippen molar-refractivity contribution in [3.05, 3.63) is 54.1 Å². The summed E-state index contributed by atoms with van der Waals surface area (Å²) in [4.78, 5) is 16.1. The van der Waals surface area contributed by atoms with Gasteiger partial charge in [-0.25, -0.2) is 8.42 Å². The van der Waals surface area contributed by atoms with E-state index in [0.717, 1.165) is 0 Å². The van der Waals surface area contributed by atoms with Gasteiger partial charge in [-0.15, -0.1) is 0 Å². The van der Waals surface area contributed by atoms with Crippen LogP contribution in [0, 0.1) is 0 Å². The maximum Gasteiger partial charge on any atom is 0.327 e. The summed E-state index contributed by atoms with van der Waals surface area (Å²) in [6, 6.07) is 13.7.